The van der Waals surface area contributed by atoms with Crippen LogP contribution >= 0.6 is 0 Å². The Bertz CT molecular complexity index is 278. The van der Waals surface area contributed by atoms with Crippen LogP contribution in [-0.4, -0.2) is 47.3 Å². The van der Waals surface area contributed by atoms with E-state index in [0.29, 0.717) is 0 Å². The molecule has 0 aromatic heterocycles. The molecule has 3 nitrogen and oxygen atoms in total. The van der Waals surface area contributed by atoms with Crippen molar-refractivity contribution in [1.82, 2.24) is 0 Å². The van der Waals surface area contributed by atoms with Crippen LogP contribution in [-0.2, 0) is 26.2 Å². The monoisotopic (exact) mass is 443 g/mol. The number of rotatable bonds is 7. The van der Waals surface area contributed by atoms with Crippen molar-refractivity contribution in [3.8, 4) is 0 Å². The van der Waals surface area contributed by atoms with E-state index in [9.17, 15) is 0 Å². The van der Waals surface area contributed by atoms with E-state index in [1.807, 2.05) is 41.5 Å². The number of hydrogen-bond acceptors (Lipinski definition) is 0. The second-order valence-corrected chi connectivity index (χ2v) is 11.1. The van der Waals surface area contributed by atoms with Crippen molar-refractivity contribution in [2.45, 2.75) is 61.2 Å². The van der Waals surface area contributed by atoms with E-state index in [4.69, 9.17) is 0 Å². The van der Waals surface area contributed by atoms with Crippen LogP contribution < -0.4 is 5.19 Å². The van der Waals surface area contributed by atoms with Gasteiger partial charge in [-0.15, -0.1) is 0 Å². The van der Waals surface area contributed by atoms with Crippen molar-refractivity contribution in [3.63, 3.8) is 0 Å². The van der Waals surface area contributed by atoms with E-state index in [1.165, 1.54) is 0 Å². The van der Waals surface area contributed by atoms with E-state index < -0.39 is 8.07 Å². The van der Waals surface area contributed by atoms with Gasteiger partial charge in [0.15, 0.2) is 0 Å². The van der Waals surface area contributed by atoms with Gasteiger partial charge in [-0.05, 0) is 0 Å². The minimum absolute atomic E-state index is 0. The third kappa shape index (κ3) is 32.5. The van der Waals surface area contributed by atoms with Gasteiger partial charge < -0.3 is 16.0 Å². The second-order valence-electron chi connectivity index (χ2n) is 5.99. The summed E-state index contributed by atoms with van der Waals surface area (Å²) in [5, 5.41) is 13.5. The van der Waals surface area contributed by atoms with Gasteiger partial charge in [0.05, 0.1) is 0 Å². The predicted molar refractivity (Wildman–Crippen MR) is 118 cm³/mol. The topological polar surface area (TPSA) is 42.3 Å². The van der Waals surface area contributed by atoms with Gasteiger partial charge in [-0.25, -0.2) is 12.1 Å². The summed E-state index contributed by atoms with van der Waals surface area (Å²) in [7, 11) is -0.981. The molecule has 0 radical (unpaired) electrons. The molecule has 0 unspecified atom stereocenters. The van der Waals surface area contributed by atoms with Crippen LogP contribution in [0.25, 0.3) is 16.0 Å². The normalized spacial score (nSPS) is 9.32. The smallest absolute Gasteiger partial charge is 0.663 e. The van der Waals surface area contributed by atoms with Crippen LogP contribution in [0.2, 0.25) is 19.6 Å². The fourth-order valence-corrected chi connectivity index (χ4v) is 2.74. The Morgan fingerprint density at radius 2 is 0.840 bits per heavy atom. The first kappa shape index (κ1) is 33.0. The molecular weight excluding hydrogens is 402 g/mol. The molecule has 25 heavy (non-hydrogen) atoms. The predicted octanol–water partition coefficient (Wildman–Crippen LogP) is 6.15. The average molecular weight is 445 g/mol. The van der Waals surface area contributed by atoms with E-state index >= 15 is 0 Å². The molecule has 0 aliphatic heterocycles. The van der Waals surface area contributed by atoms with Crippen LogP contribution in [0.15, 0.2) is 24.3 Å². The van der Waals surface area contributed by atoms with Crippen molar-refractivity contribution in [2.75, 3.05) is 39.3 Å². The first-order valence-electron chi connectivity index (χ1n) is 9.47. The molecule has 0 atom stereocenters. The van der Waals surface area contributed by atoms with Gasteiger partial charge in [0.1, 0.15) is 0 Å². The minimum Gasteiger partial charge on any atom is -0.663 e. The van der Waals surface area contributed by atoms with Gasteiger partial charge in [0, 0.05) is 8.07 Å². The molecule has 0 heterocycles. The largest absolute Gasteiger partial charge is 4.00 e. The molecule has 146 valence electrons. The first-order chi connectivity index (χ1) is 11.3. The molecule has 0 spiro atoms. The summed E-state index contributed by atoms with van der Waals surface area (Å²) < 4.78 is 0. The fraction of sp³-hybridized carbons (Fsp3) is 0.750. The Labute approximate surface area is 179 Å². The summed E-state index contributed by atoms with van der Waals surface area (Å²) in [6, 6.07) is 8.69. The van der Waals surface area contributed by atoms with Crippen LogP contribution in [0, 0.1) is 0 Å². The molecule has 0 amide bonds. The molecule has 0 saturated carbocycles. The van der Waals surface area contributed by atoms with Gasteiger partial charge in [0.2, 0.25) is 0 Å². The Morgan fingerprint density at radius 1 is 0.600 bits per heavy atom. The van der Waals surface area contributed by atoms with Gasteiger partial charge >= 0.3 is 26.2 Å². The molecule has 0 aliphatic rings. The van der Waals surface area contributed by atoms with E-state index in [2.05, 4.69) is 59.9 Å². The quantitative estimate of drug-likeness (QED) is 0.357. The fourth-order valence-electron chi connectivity index (χ4n) is 1.54. The van der Waals surface area contributed by atoms with Crippen LogP contribution in [0.1, 0.15) is 41.5 Å². The van der Waals surface area contributed by atoms with Crippen molar-refractivity contribution < 1.29 is 26.2 Å². The van der Waals surface area contributed by atoms with Gasteiger partial charge in [-0.2, -0.15) is 56.6 Å². The number of hydrogen-bond donors (Lipinski definition) is 0. The Hall–Kier alpha value is 0.330. The molecule has 0 bridgehead atoms. The molecule has 5 heteroatoms. The number of nitrogens with zero attached hydrogens (tertiary/aromatic N) is 3. The standard InChI is InChI=1S/C8H13Si.3C4H10N.Zr/c1-9(2,3)8-6-4-5-7-8;3*1-3-5-4-2;/h4-7H,1-3H3;3*3-4H2,1-2H3;/q4*-1;+4. The maximum absolute atomic E-state index is 3.97. The summed E-state index contributed by atoms with van der Waals surface area (Å²) in [5.74, 6) is 0. The van der Waals surface area contributed by atoms with E-state index in [1.54, 1.807) is 5.19 Å². The summed E-state index contributed by atoms with van der Waals surface area (Å²) in [4.78, 5) is 0. The van der Waals surface area contributed by atoms with Crippen molar-refractivity contribution in [2.24, 2.45) is 0 Å². The Morgan fingerprint density at radius 3 is 0.920 bits per heavy atom. The van der Waals surface area contributed by atoms with Crippen molar-refractivity contribution >= 4 is 13.3 Å². The van der Waals surface area contributed by atoms with E-state index in [-0.39, 0.29) is 26.2 Å². The third-order valence-corrected chi connectivity index (χ3v) is 4.94. The minimum atomic E-state index is -0.981. The molecule has 0 saturated heterocycles. The zero-order valence-corrected chi connectivity index (χ0v) is 21.9. The van der Waals surface area contributed by atoms with Gasteiger partial charge in [-0.3, -0.25) is 0 Å². The van der Waals surface area contributed by atoms with E-state index in [0.717, 1.165) is 39.3 Å². The van der Waals surface area contributed by atoms with Gasteiger partial charge in [0.25, 0.3) is 0 Å². The molecule has 1 aromatic carbocycles. The first-order valence-corrected chi connectivity index (χ1v) is 13.0. The zero-order valence-electron chi connectivity index (χ0n) is 18.4. The Balaban J connectivity index is -0.000000122. The maximum Gasteiger partial charge on any atom is 4.00 e. The average Bonchev–Trinajstić information content (AvgIpc) is 3.06. The molecule has 0 aliphatic carbocycles. The van der Waals surface area contributed by atoms with Crippen molar-refractivity contribution in [3.05, 3.63) is 40.2 Å². The van der Waals surface area contributed by atoms with Crippen LogP contribution in [0.4, 0.5) is 0 Å². The van der Waals surface area contributed by atoms with Crippen LogP contribution in [0.3, 0.4) is 0 Å². The molecule has 1 rings (SSSR count). The third-order valence-electron chi connectivity index (χ3n) is 2.87. The van der Waals surface area contributed by atoms with Crippen LogP contribution in [0.5, 0.6) is 0 Å². The summed E-state index contributed by atoms with van der Waals surface area (Å²) in [5.41, 5.74) is 0. The summed E-state index contributed by atoms with van der Waals surface area (Å²) in [6.07, 6.45) is 0. The Kier molecular flexibility index (Phi) is 35.0. The molecular formula is C20H43N3SiZr. The molecule has 1 aromatic rings. The zero-order chi connectivity index (χ0) is 19.3. The maximum atomic E-state index is 3.97. The molecule has 0 fully saturated rings. The summed E-state index contributed by atoms with van der Waals surface area (Å²) in [6.45, 7) is 25.2. The second kappa shape index (κ2) is 26.6. The van der Waals surface area contributed by atoms with Gasteiger partial charge in [-0.1, -0.05) is 61.2 Å². The SMILES string of the molecule is CC[N-]CC.CC[N-]CC.CC[N-]CC.C[Si](C)(C)[c-]1cccc1.[Zr+4]. The van der Waals surface area contributed by atoms with Crippen molar-refractivity contribution in [1.29, 1.82) is 0 Å². The molecule has 0 N–H and O–H groups in total. The summed E-state index contributed by atoms with van der Waals surface area (Å²) >= 11 is 0.